The molecule has 1 fully saturated rings. The second kappa shape index (κ2) is 7.88. The quantitative estimate of drug-likeness (QED) is 0.681. The SMILES string of the molecule is O=C(O)CN1C(=O)CCc2cc(NCC3(c4ccc(Cl)c(Cl)c4)CCC3)ccc21. The van der Waals surface area contributed by atoms with Crippen LogP contribution in [-0.2, 0) is 21.4 Å². The van der Waals surface area contributed by atoms with Gasteiger partial charge in [-0.2, -0.15) is 0 Å². The molecule has 4 rings (SSSR count). The Bertz CT molecular complexity index is 973. The van der Waals surface area contributed by atoms with Crippen molar-refractivity contribution < 1.29 is 14.7 Å². The lowest BCUT2D eigenvalue weighted by Crippen LogP contribution is -2.41. The summed E-state index contributed by atoms with van der Waals surface area (Å²) in [6, 6.07) is 11.6. The van der Waals surface area contributed by atoms with Gasteiger partial charge in [0.25, 0.3) is 0 Å². The van der Waals surface area contributed by atoms with Gasteiger partial charge in [0.2, 0.25) is 5.91 Å². The van der Waals surface area contributed by atoms with Crippen molar-refractivity contribution in [2.75, 3.05) is 23.3 Å². The summed E-state index contributed by atoms with van der Waals surface area (Å²) < 4.78 is 0. The lowest BCUT2D eigenvalue weighted by molar-refractivity contribution is -0.136. The van der Waals surface area contributed by atoms with E-state index in [1.54, 1.807) is 0 Å². The van der Waals surface area contributed by atoms with Gasteiger partial charge in [-0.15, -0.1) is 0 Å². The van der Waals surface area contributed by atoms with E-state index in [4.69, 9.17) is 28.3 Å². The van der Waals surface area contributed by atoms with E-state index >= 15 is 0 Å². The minimum absolute atomic E-state index is 0.0371. The monoisotopic (exact) mass is 432 g/mol. The molecule has 29 heavy (non-hydrogen) atoms. The Morgan fingerprint density at radius 2 is 1.90 bits per heavy atom. The molecule has 0 spiro atoms. The summed E-state index contributed by atoms with van der Waals surface area (Å²) in [4.78, 5) is 24.6. The van der Waals surface area contributed by atoms with Crippen LogP contribution in [0, 0.1) is 0 Å². The fourth-order valence-corrected chi connectivity index (χ4v) is 4.54. The van der Waals surface area contributed by atoms with E-state index in [-0.39, 0.29) is 17.9 Å². The van der Waals surface area contributed by atoms with Crippen molar-refractivity contribution >= 4 is 46.5 Å². The van der Waals surface area contributed by atoms with Crippen molar-refractivity contribution in [1.29, 1.82) is 0 Å². The lowest BCUT2D eigenvalue weighted by Gasteiger charge is -2.43. The molecule has 0 bridgehead atoms. The topological polar surface area (TPSA) is 69.6 Å². The highest BCUT2D eigenvalue weighted by Crippen LogP contribution is 2.45. The van der Waals surface area contributed by atoms with E-state index in [0.29, 0.717) is 28.6 Å². The molecule has 1 saturated carbocycles. The molecule has 0 radical (unpaired) electrons. The number of nitrogens with one attached hydrogen (secondary N) is 1. The summed E-state index contributed by atoms with van der Waals surface area (Å²) in [5.74, 6) is -1.16. The van der Waals surface area contributed by atoms with Gasteiger partial charge in [-0.3, -0.25) is 9.59 Å². The number of aliphatic carboxylic acids is 1. The van der Waals surface area contributed by atoms with E-state index in [9.17, 15) is 9.59 Å². The number of anilines is 2. The van der Waals surface area contributed by atoms with Gasteiger partial charge in [-0.25, -0.2) is 0 Å². The normalized spacial score (nSPS) is 17.4. The van der Waals surface area contributed by atoms with Crippen molar-refractivity contribution in [3.63, 3.8) is 0 Å². The highest BCUT2D eigenvalue weighted by Gasteiger charge is 2.38. The Labute approximate surface area is 179 Å². The van der Waals surface area contributed by atoms with Gasteiger partial charge in [-0.1, -0.05) is 35.7 Å². The molecule has 1 aliphatic carbocycles. The van der Waals surface area contributed by atoms with Crippen molar-refractivity contribution in [2.45, 2.75) is 37.5 Å². The van der Waals surface area contributed by atoms with Crippen LogP contribution in [0.1, 0.15) is 36.8 Å². The van der Waals surface area contributed by atoms with Gasteiger partial charge in [-0.05, 0) is 60.7 Å². The van der Waals surface area contributed by atoms with Crippen LogP contribution < -0.4 is 10.2 Å². The molecular formula is C22H22Cl2N2O3. The van der Waals surface area contributed by atoms with Crippen LogP contribution >= 0.6 is 23.2 Å². The predicted molar refractivity (Wildman–Crippen MR) is 115 cm³/mol. The smallest absolute Gasteiger partial charge is 0.323 e. The number of hydrogen-bond acceptors (Lipinski definition) is 3. The zero-order valence-corrected chi connectivity index (χ0v) is 17.4. The highest BCUT2D eigenvalue weighted by atomic mass is 35.5. The second-order valence-electron chi connectivity index (χ2n) is 7.83. The number of fused-ring (bicyclic) bond motifs is 1. The Balaban J connectivity index is 1.52. The molecule has 0 saturated heterocycles. The first-order valence-electron chi connectivity index (χ1n) is 9.72. The number of halogens is 2. The number of hydrogen-bond donors (Lipinski definition) is 2. The van der Waals surface area contributed by atoms with Crippen LogP contribution in [0.5, 0.6) is 0 Å². The van der Waals surface area contributed by atoms with Crippen molar-refractivity contribution in [3.05, 3.63) is 57.6 Å². The molecule has 152 valence electrons. The second-order valence-corrected chi connectivity index (χ2v) is 8.65. The zero-order valence-electron chi connectivity index (χ0n) is 15.9. The molecule has 0 aromatic heterocycles. The third-order valence-electron chi connectivity index (χ3n) is 6.05. The average Bonchev–Trinajstić information content (AvgIpc) is 2.65. The van der Waals surface area contributed by atoms with Crippen LogP contribution in [-0.4, -0.2) is 30.1 Å². The predicted octanol–water partition coefficient (Wildman–Crippen LogP) is 4.89. The third-order valence-corrected chi connectivity index (χ3v) is 6.79. The molecular weight excluding hydrogens is 411 g/mol. The minimum Gasteiger partial charge on any atom is -0.480 e. The van der Waals surface area contributed by atoms with Crippen molar-refractivity contribution in [2.24, 2.45) is 0 Å². The highest BCUT2D eigenvalue weighted by molar-refractivity contribution is 6.42. The van der Waals surface area contributed by atoms with E-state index in [0.717, 1.165) is 30.6 Å². The summed E-state index contributed by atoms with van der Waals surface area (Å²) in [5.41, 5.74) is 3.89. The number of nitrogens with zero attached hydrogens (tertiary/aromatic N) is 1. The van der Waals surface area contributed by atoms with Crippen LogP contribution in [0.4, 0.5) is 11.4 Å². The summed E-state index contributed by atoms with van der Waals surface area (Å²) >= 11 is 12.3. The molecule has 2 aromatic rings. The number of carbonyl (C=O) groups excluding carboxylic acids is 1. The molecule has 0 atom stereocenters. The fourth-order valence-electron chi connectivity index (χ4n) is 4.25. The maximum Gasteiger partial charge on any atom is 0.323 e. The van der Waals surface area contributed by atoms with Crippen LogP contribution in [0.15, 0.2) is 36.4 Å². The van der Waals surface area contributed by atoms with Gasteiger partial charge in [0.15, 0.2) is 0 Å². The molecule has 1 amide bonds. The Kier molecular flexibility index (Phi) is 5.45. The molecule has 2 aliphatic rings. The number of carboxylic acid groups (broad SMARTS) is 1. The Morgan fingerprint density at radius 3 is 2.55 bits per heavy atom. The average molecular weight is 433 g/mol. The third kappa shape index (κ3) is 3.94. The summed E-state index contributed by atoms with van der Waals surface area (Å²) in [5, 5.41) is 13.8. The molecule has 2 aromatic carbocycles. The van der Waals surface area contributed by atoms with Gasteiger partial charge in [0.1, 0.15) is 6.54 Å². The standard InChI is InChI=1S/C22H22Cl2N2O3/c23-17-5-3-15(11-18(17)24)22(8-1-9-22)13-25-16-4-6-19-14(10-16)2-7-20(27)26(19)12-21(28)29/h3-6,10-11,25H,1-2,7-9,12-13H2,(H,28,29). The Hall–Kier alpha value is -2.24. The number of benzene rings is 2. The van der Waals surface area contributed by atoms with Crippen LogP contribution in [0.25, 0.3) is 0 Å². The van der Waals surface area contributed by atoms with Gasteiger partial charge in [0, 0.05) is 29.8 Å². The van der Waals surface area contributed by atoms with Gasteiger partial charge in [0.05, 0.1) is 10.0 Å². The first kappa shape index (κ1) is 20.0. The number of amides is 1. The van der Waals surface area contributed by atoms with Crippen molar-refractivity contribution in [3.8, 4) is 0 Å². The molecule has 1 heterocycles. The number of rotatable bonds is 6. The van der Waals surface area contributed by atoms with E-state index in [2.05, 4.69) is 11.4 Å². The maximum absolute atomic E-state index is 12.1. The lowest BCUT2D eigenvalue weighted by atomic mass is 9.64. The van der Waals surface area contributed by atoms with Gasteiger partial charge >= 0.3 is 5.97 Å². The van der Waals surface area contributed by atoms with E-state index in [1.807, 2.05) is 30.3 Å². The summed E-state index contributed by atoms with van der Waals surface area (Å²) in [6.45, 7) is 0.473. The first-order chi connectivity index (χ1) is 13.9. The zero-order chi connectivity index (χ0) is 20.6. The molecule has 2 N–H and O–H groups in total. The maximum atomic E-state index is 12.1. The van der Waals surface area contributed by atoms with E-state index in [1.165, 1.54) is 16.9 Å². The van der Waals surface area contributed by atoms with E-state index < -0.39 is 5.97 Å². The number of carbonyl (C=O) groups is 2. The van der Waals surface area contributed by atoms with Gasteiger partial charge < -0.3 is 15.3 Å². The molecule has 7 heteroatoms. The molecule has 5 nitrogen and oxygen atoms in total. The van der Waals surface area contributed by atoms with Crippen LogP contribution in [0.3, 0.4) is 0 Å². The van der Waals surface area contributed by atoms with Crippen LogP contribution in [0.2, 0.25) is 10.0 Å². The minimum atomic E-state index is -1.01. The number of aryl methyl sites for hydroxylation is 1. The summed E-state index contributed by atoms with van der Waals surface area (Å²) in [6.07, 6.45) is 4.31. The largest absolute Gasteiger partial charge is 0.480 e. The first-order valence-corrected chi connectivity index (χ1v) is 10.5. The fraction of sp³-hybridized carbons (Fsp3) is 0.364. The molecule has 1 aliphatic heterocycles. The Morgan fingerprint density at radius 1 is 1.10 bits per heavy atom. The van der Waals surface area contributed by atoms with Crippen molar-refractivity contribution in [1.82, 2.24) is 0 Å². The molecule has 0 unspecified atom stereocenters. The number of carboxylic acids is 1. The summed E-state index contributed by atoms with van der Waals surface area (Å²) in [7, 11) is 0.